The van der Waals surface area contributed by atoms with Crippen LogP contribution in [-0.2, 0) is 13.2 Å². The first kappa shape index (κ1) is 17.2. The average molecular weight is 407 g/mol. The average Bonchev–Trinajstić information content (AvgIpc) is 3.14. The summed E-state index contributed by atoms with van der Waals surface area (Å²) in [6.07, 6.45) is 3.13. The third-order valence-corrected chi connectivity index (χ3v) is 4.28. The largest absolute Gasteiger partial charge is 0.493 e. The number of aromatic nitrogens is 3. The molecule has 0 aliphatic heterocycles. The standard InChI is InChI=1S/C17H16BrFN4O2/c1-24-16-7-6-15(18)14(8-22-23-10-20-21-11-23)17(16)25-9-12-2-4-13(19)5-3-12/h2-7,10-11,22H,8-9H2,1H3. The van der Waals surface area contributed by atoms with Crippen LogP contribution in [-0.4, -0.2) is 22.0 Å². The van der Waals surface area contributed by atoms with Crippen LogP contribution in [0, 0.1) is 5.82 Å². The number of nitrogens with one attached hydrogen (secondary N) is 1. The van der Waals surface area contributed by atoms with Gasteiger partial charge in [-0.2, -0.15) is 0 Å². The Kier molecular flexibility index (Phi) is 5.49. The van der Waals surface area contributed by atoms with Gasteiger partial charge in [0.05, 0.1) is 13.7 Å². The molecule has 8 heteroatoms. The molecule has 1 heterocycles. The van der Waals surface area contributed by atoms with Crippen molar-refractivity contribution in [2.45, 2.75) is 13.2 Å². The number of hydrogen-bond acceptors (Lipinski definition) is 5. The predicted octanol–water partition coefficient (Wildman–Crippen LogP) is 3.51. The molecule has 0 unspecified atom stereocenters. The van der Waals surface area contributed by atoms with Gasteiger partial charge < -0.3 is 14.9 Å². The number of halogens is 2. The SMILES string of the molecule is COc1ccc(Br)c(CNn2cnnc2)c1OCc1ccc(F)cc1. The molecule has 0 bridgehead atoms. The minimum absolute atomic E-state index is 0.275. The summed E-state index contributed by atoms with van der Waals surface area (Å²) in [6.45, 7) is 0.765. The minimum atomic E-state index is -0.275. The molecule has 2 aromatic carbocycles. The molecule has 3 aromatic rings. The van der Waals surface area contributed by atoms with Crippen LogP contribution in [0.15, 0.2) is 53.5 Å². The van der Waals surface area contributed by atoms with Gasteiger partial charge in [0.15, 0.2) is 11.5 Å². The highest BCUT2D eigenvalue weighted by Gasteiger charge is 2.15. The molecule has 0 atom stereocenters. The molecule has 0 aliphatic rings. The van der Waals surface area contributed by atoms with E-state index in [-0.39, 0.29) is 5.82 Å². The monoisotopic (exact) mass is 406 g/mol. The molecule has 0 spiro atoms. The Labute approximate surface area is 152 Å². The van der Waals surface area contributed by atoms with Gasteiger partial charge in [0, 0.05) is 10.0 Å². The normalized spacial score (nSPS) is 10.5. The highest BCUT2D eigenvalue weighted by molar-refractivity contribution is 9.10. The molecule has 130 valence electrons. The van der Waals surface area contributed by atoms with Gasteiger partial charge in [-0.1, -0.05) is 28.1 Å². The molecule has 0 radical (unpaired) electrons. The summed E-state index contributed by atoms with van der Waals surface area (Å²) in [4.78, 5) is 0. The van der Waals surface area contributed by atoms with E-state index in [1.54, 1.807) is 36.6 Å². The Hall–Kier alpha value is -2.61. The number of hydrogen-bond donors (Lipinski definition) is 1. The predicted molar refractivity (Wildman–Crippen MR) is 94.5 cm³/mol. The van der Waals surface area contributed by atoms with Crippen molar-refractivity contribution in [3.05, 3.63) is 70.5 Å². The van der Waals surface area contributed by atoms with E-state index in [1.807, 2.05) is 12.1 Å². The number of benzene rings is 2. The van der Waals surface area contributed by atoms with Gasteiger partial charge in [0.2, 0.25) is 0 Å². The molecule has 0 aliphatic carbocycles. The molecule has 0 amide bonds. The van der Waals surface area contributed by atoms with E-state index in [0.717, 1.165) is 15.6 Å². The molecule has 0 saturated heterocycles. The maximum atomic E-state index is 13.0. The zero-order valence-electron chi connectivity index (χ0n) is 13.4. The summed E-state index contributed by atoms with van der Waals surface area (Å²) < 4.78 is 27.0. The van der Waals surface area contributed by atoms with Crippen molar-refractivity contribution in [3.63, 3.8) is 0 Å². The number of nitrogens with zero attached hydrogens (tertiary/aromatic N) is 3. The Morgan fingerprint density at radius 2 is 1.84 bits per heavy atom. The van der Waals surface area contributed by atoms with Gasteiger partial charge in [-0.25, -0.2) is 9.07 Å². The lowest BCUT2D eigenvalue weighted by Crippen LogP contribution is -2.14. The van der Waals surface area contributed by atoms with Crippen LogP contribution in [0.2, 0.25) is 0 Å². The van der Waals surface area contributed by atoms with Crippen molar-refractivity contribution in [2.75, 3.05) is 12.5 Å². The van der Waals surface area contributed by atoms with Crippen LogP contribution in [0.1, 0.15) is 11.1 Å². The summed E-state index contributed by atoms with van der Waals surface area (Å²) in [7, 11) is 1.59. The second kappa shape index (κ2) is 7.98. The maximum Gasteiger partial charge on any atom is 0.167 e. The van der Waals surface area contributed by atoms with Gasteiger partial charge in [0.25, 0.3) is 0 Å². The lowest BCUT2D eigenvalue weighted by Gasteiger charge is -2.17. The first-order chi connectivity index (χ1) is 12.2. The first-order valence-corrected chi connectivity index (χ1v) is 8.28. The van der Waals surface area contributed by atoms with E-state index in [4.69, 9.17) is 9.47 Å². The molecule has 25 heavy (non-hydrogen) atoms. The lowest BCUT2D eigenvalue weighted by atomic mass is 10.1. The van der Waals surface area contributed by atoms with Crippen molar-refractivity contribution < 1.29 is 13.9 Å². The first-order valence-electron chi connectivity index (χ1n) is 7.48. The molecular weight excluding hydrogens is 391 g/mol. The molecule has 0 saturated carbocycles. The van der Waals surface area contributed by atoms with Crippen LogP contribution in [0.4, 0.5) is 4.39 Å². The summed E-state index contributed by atoms with van der Waals surface area (Å²) in [5.41, 5.74) is 4.90. The highest BCUT2D eigenvalue weighted by atomic mass is 79.9. The maximum absolute atomic E-state index is 13.0. The van der Waals surface area contributed by atoms with E-state index in [1.165, 1.54) is 12.1 Å². The molecule has 6 nitrogen and oxygen atoms in total. The Bertz CT molecular complexity index is 825. The fourth-order valence-electron chi connectivity index (χ4n) is 2.25. The molecule has 3 rings (SSSR count). The van der Waals surface area contributed by atoms with Gasteiger partial charge in [-0.15, -0.1) is 10.2 Å². The topological polar surface area (TPSA) is 61.2 Å². The summed E-state index contributed by atoms with van der Waals surface area (Å²) in [6, 6.07) is 9.92. The highest BCUT2D eigenvalue weighted by Crippen LogP contribution is 2.37. The van der Waals surface area contributed by atoms with Crippen molar-refractivity contribution in [1.29, 1.82) is 0 Å². The van der Waals surface area contributed by atoms with E-state index < -0.39 is 0 Å². The van der Waals surface area contributed by atoms with Crippen LogP contribution in [0.3, 0.4) is 0 Å². The van der Waals surface area contributed by atoms with Gasteiger partial charge >= 0.3 is 0 Å². The fraction of sp³-hybridized carbons (Fsp3) is 0.176. The van der Waals surface area contributed by atoms with Crippen molar-refractivity contribution in [1.82, 2.24) is 14.9 Å². The smallest absolute Gasteiger partial charge is 0.167 e. The van der Waals surface area contributed by atoms with Gasteiger partial charge in [-0.3, -0.25) is 0 Å². The zero-order valence-corrected chi connectivity index (χ0v) is 15.0. The van der Waals surface area contributed by atoms with E-state index in [0.29, 0.717) is 24.7 Å². The second-order valence-corrected chi connectivity index (χ2v) is 6.03. The van der Waals surface area contributed by atoms with Crippen LogP contribution < -0.4 is 14.9 Å². The second-order valence-electron chi connectivity index (χ2n) is 5.18. The Morgan fingerprint density at radius 1 is 1.12 bits per heavy atom. The fourth-order valence-corrected chi connectivity index (χ4v) is 2.71. The third-order valence-electron chi connectivity index (χ3n) is 3.54. The number of rotatable bonds is 7. The van der Waals surface area contributed by atoms with Crippen molar-refractivity contribution in [3.8, 4) is 11.5 Å². The molecule has 1 N–H and O–H groups in total. The lowest BCUT2D eigenvalue weighted by molar-refractivity contribution is 0.281. The van der Waals surface area contributed by atoms with Gasteiger partial charge in [-0.05, 0) is 29.8 Å². The van der Waals surface area contributed by atoms with E-state index in [9.17, 15) is 4.39 Å². The van der Waals surface area contributed by atoms with Gasteiger partial charge in [0.1, 0.15) is 25.1 Å². The molecule has 1 aromatic heterocycles. The number of methoxy groups -OCH3 is 1. The van der Waals surface area contributed by atoms with E-state index >= 15 is 0 Å². The number of ether oxygens (including phenoxy) is 2. The third kappa shape index (κ3) is 4.27. The van der Waals surface area contributed by atoms with Crippen molar-refractivity contribution >= 4 is 15.9 Å². The summed E-state index contributed by atoms with van der Waals surface area (Å²) >= 11 is 3.54. The summed E-state index contributed by atoms with van der Waals surface area (Å²) in [5.74, 6) is 0.954. The quantitative estimate of drug-likeness (QED) is 0.650. The minimum Gasteiger partial charge on any atom is -0.493 e. The molecular formula is C17H16BrFN4O2. The molecule has 0 fully saturated rings. The van der Waals surface area contributed by atoms with Crippen LogP contribution >= 0.6 is 15.9 Å². The Morgan fingerprint density at radius 3 is 2.52 bits per heavy atom. The van der Waals surface area contributed by atoms with Crippen molar-refractivity contribution in [2.24, 2.45) is 0 Å². The van der Waals surface area contributed by atoms with Crippen LogP contribution in [0.25, 0.3) is 0 Å². The Balaban J connectivity index is 1.81. The summed E-state index contributed by atoms with van der Waals surface area (Å²) in [5, 5.41) is 7.50. The van der Waals surface area contributed by atoms with E-state index in [2.05, 4.69) is 31.6 Å². The zero-order chi connectivity index (χ0) is 17.6. The van der Waals surface area contributed by atoms with Crippen LogP contribution in [0.5, 0.6) is 11.5 Å².